The van der Waals surface area contributed by atoms with Crippen molar-refractivity contribution in [3.8, 4) is 0 Å². The Kier molecular flexibility index (Phi) is 2.09. The fourth-order valence-electron chi connectivity index (χ4n) is 8.40. The summed E-state index contributed by atoms with van der Waals surface area (Å²) in [6.07, 6.45) is 8.34. The van der Waals surface area contributed by atoms with Crippen molar-refractivity contribution in [2.24, 2.45) is 45.8 Å². The lowest BCUT2D eigenvalue weighted by Gasteiger charge is -2.65. The van der Waals surface area contributed by atoms with E-state index in [1.54, 1.807) is 6.08 Å². The second-order valence-electron chi connectivity index (χ2n) is 8.95. The van der Waals surface area contributed by atoms with E-state index in [9.17, 15) is 19.2 Å². The van der Waals surface area contributed by atoms with Crippen molar-refractivity contribution in [1.82, 2.24) is 0 Å². The molecule has 0 aromatic carbocycles. The molecule has 0 N–H and O–H groups in total. The first-order valence-electron chi connectivity index (χ1n) is 9.54. The Hall–Kier alpha value is -2.76. The van der Waals surface area contributed by atoms with Crippen LogP contribution in [-0.2, 0) is 28.7 Å². The van der Waals surface area contributed by atoms with Crippen molar-refractivity contribution < 1.29 is 28.7 Å². The molecule has 0 amide bonds. The number of fused-ring (bicyclic) bond motifs is 2. The van der Waals surface area contributed by atoms with Gasteiger partial charge < -0.3 is 9.47 Å². The molecule has 140 valence electrons. The highest BCUT2D eigenvalue weighted by atomic mass is 16.5. The minimum absolute atomic E-state index is 0.0177. The summed E-state index contributed by atoms with van der Waals surface area (Å²) in [5, 5.41) is 0. The predicted octanol–water partition coefficient (Wildman–Crippen LogP) is 0.941. The molecule has 6 nitrogen and oxygen atoms in total. The molecule has 6 rings (SSSR count). The molecule has 0 bridgehead atoms. The van der Waals surface area contributed by atoms with E-state index in [0.717, 1.165) is 0 Å². The van der Waals surface area contributed by atoms with E-state index in [2.05, 4.69) is 0 Å². The van der Waals surface area contributed by atoms with Crippen LogP contribution in [0.1, 0.15) is 0 Å². The van der Waals surface area contributed by atoms with Crippen LogP contribution in [0.3, 0.4) is 0 Å². The van der Waals surface area contributed by atoms with Crippen LogP contribution in [0.2, 0.25) is 0 Å². The second-order valence-corrected chi connectivity index (χ2v) is 8.95. The summed E-state index contributed by atoms with van der Waals surface area (Å²) in [6.45, 7) is 0. The molecule has 6 heteroatoms. The maximum Gasteiger partial charge on any atom is 0.185 e. The van der Waals surface area contributed by atoms with Crippen molar-refractivity contribution in [3.05, 3.63) is 47.5 Å². The minimum atomic E-state index is -1.10. The van der Waals surface area contributed by atoms with Gasteiger partial charge in [-0.05, 0) is 0 Å². The molecular weight excluding hydrogens is 360 g/mol. The normalized spacial score (nSPS) is 52.8. The Bertz CT molecular complexity index is 1120. The van der Waals surface area contributed by atoms with E-state index in [4.69, 9.17) is 9.47 Å². The monoisotopic (exact) mass is 376 g/mol. The van der Waals surface area contributed by atoms with E-state index in [0.29, 0.717) is 17.1 Å². The van der Waals surface area contributed by atoms with E-state index in [1.165, 1.54) is 26.4 Å². The highest BCUT2D eigenvalue weighted by Crippen LogP contribution is 2.90. The average Bonchev–Trinajstić information content (AvgIpc) is 3.04. The number of allylic oxidation sites excluding steroid dienone is 7. The van der Waals surface area contributed by atoms with Gasteiger partial charge in [-0.1, -0.05) is 18.2 Å². The molecule has 0 aromatic rings. The summed E-state index contributed by atoms with van der Waals surface area (Å²) in [4.78, 5) is 53.9. The molecule has 0 heterocycles. The van der Waals surface area contributed by atoms with Gasteiger partial charge in [0.25, 0.3) is 0 Å². The van der Waals surface area contributed by atoms with Gasteiger partial charge in [0.1, 0.15) is 23.1 Å². The topological polar surface area (TPSA) is 86.7 Å². The van der Waals surface area contributed by atoms with Gasteiger partial charge in [-0.2, -0.15) is 0 Å². The number of ketones is 4. The van der Waals surface area contributed by atoms with Gasteiger partial charge in [-0.25, -0.2) is 0 Å². The Balaban J connectivity index is 1.70. The number of carbonyl (C=O) groups excluding carboxylic acids is 4. The Morgan fingerprint density at radius 3 is 2.36 bits per heavy atom. The molecule has 2 fully saturated rings. The smallest absolute Gasteiger partial charge is 0.185 e. The molecular formula is C22H16O6. The van der Waals surface area contributed by atoms with E-state index in [1.807, 2.05) is 12.2 Å². The highest BCUT2D eigenvalue weighted by Gasteiger charge is 2.96. The van der Waals surface area contributed by atoms with Crippen LogP contribution in [0.25, 0.3) is 0 Å². The second kappa shape index (κ2) is 3.86. The Morgan fingerprint density at radius 1 is 0.929 bits per heavy atom. The van der Waals surface area contributed by atoms with Crippen molar-refractivity contribution in [1.29, 1.82) is 0 Å². The number of hydrogen-bond acceptors (Lipinski definition) is 6. The Labute approximate surface area is 159 Å². The minimum Gasteiger partial charge on any atom is -0.500 e. The lowest BCUT2D eigenvalue weighted by atomic mass is 9.33. The van der Waals surface area contributed by atoms with Crippen molar-refractivity contribution in [3.63, 3.8) is 0 Å². The van der Waals surface area contributed by atoms with Gasteiger partial charge in [0.2, 0.25) is 0 Å². The van der Waals surface area contributed by atoms with Crippen molar-refractivity contribution in [2.75, 3.05) is 14.2 Å². The van der Waals surface area contributed by atoms with E-state index in [-0.39, 0.29) is 23.1 Å². The molecule has 0 radical (unpaired) electrons. The van der Waals surface area contributed by atoms with E-state index < -0.39 is 45.8 Å². The SMILES string of the molecule is COC1=CC(=O)C2=CC3C4C=CC56C(=O)C=C(OC)C57C(C4=O)C12C7C(=O)C36. The van der Waals surface area contributed by atoms with Crippen LogP contribution in [0.15, 0.2) is 47.5 Å². The molecule has 8 atom stereocenters. The van der Waals surface area contributed by atoms with Gasteiger partial charge >= 0.3 is 0 Å². The molecule has 2 saturated carbocycles. The zero-order valence-electron chi connectivity index (χ0n) is 15.2. The third-order valence-electron chi connectivity index (χ3n) is 8.82. The summed E-state index contributed by atoms with van der Waals surface area (Å²) in [5.41, 5.74) is -2.73. The summed E-state index contributed by atoms with van der Waals surface area (Å²) in [7, 11) is 2.95. The first kappa shape index (κ1) is 15.2. The zero-order valence-corrected chi connectivity index (χ0v) is 15.2. The van der Waals surface area contributed by atoms with Gasteiger partial charge in [-0.15, -0.1) is 0 Å². The lowest BCUT2D eigenvalue weighted by Crippen LogP contribution is -2.71. The maximum atomic E-state index is 13.8. The fraction of sp³-hybridized carbons (Fsp3) is 0.455. The third kappa shape index (κ3) is 0.946. The fourth-order valence-corrected chi connectivity index (χ4v) is 8.40. The van der Waals surface area contributed by atoms with Gasteiger partial charge in [0.05, 0.1) is 42.3 Å². The molecule has 6 aliphatic carbocycles. The number of Topliss-reactive ketones (excluding diaryl/α,β-unsaturated/α-hetero) is 2. The summed E-state index contributed by atoms with van der Waals surface area (Å²) in [5.74, 6) is -2.66. The highest BCUT2D eigenvalue weighted by molar-refractivity contribution is 6.20. The molecule has 3 spiro atoms. The molecule has 8 unspecified atom stereocenters. The summed E-state index contributed by atoms with van der Waals surface area (Å²) >= 11 is 0. The number of hydrogen-bond donors (Lipinski definition) is 0. The van der Waals surface area contributed by atoms with Gasteiger partial charge in [0.15, 0.2) is 11.6 Å². The third-order valence-corrected chi connectivity index (χ3v) is 8.82. The molecule has 28 heavy (non-hydrogen) atoms. The molecule has 0 aliphatic heterocycles. The first-order valence-corrected chi connectivity index (χ1v) is 9.54. The van der Waals surface area contributed by atoms with Crippen LogP contribution in [0.5, 0.6) is 0 Å². The quantitative estimate of drug-likeness (QED) is 0.667. The average molecular weight is 376 g/mol. The zero-order chi connectivity index (χ0) is 19.4. The maximum absolute atomic E-state index is 13.8. The number of carbonyl (C=O) groups is 4. The number of rotatable bonds is 2. The van der Waals surface area contributed by atoms with Crippen LogP contribution in [0, 0.1) is 45.8 Å². The largest absolute Gasteiger partial charge is 0.500 e. The first-order chi connectivity index (χ1) is 13.4. The van der Waals surface area contributed by atoms with Crippen LogP contribution >= 0.6 is 0 Å². The standard InChI is InChI=1S/C22H16O6/c1-27-13-6-11(23)10-5-9-8-3-4-20-12(24)7-14(28-2)22(20)18(16(8)25)21(10,13)19(22)17(26)15(9)20/h3-9,15,18-19H,1-2H3. The number of methoxy groups -OCH3 is 2. The number of ether oxygens (including phenoxy) is 2. The summed E-state index contributed by atoms with van der Waals surface area (Å²) in [6, 6.07) is 0. The lowest BCUT2D eigenvalue weighted by molar-refractivity contribution is -0.190. The van der Waals surface area contributed by atoms with E-state index >= 15 is 0 Å². The predicted molar refractivity (Wildman–Crippen MR) is 92.2 cm³/mol. The van der Waals surface area contributed by atoms with Gasteiger partial charge in [0, 0.05) is 35.5 Å². The van der Waals surface area contributed by atoms with Crippen molar-refractivity contribution >= 4 is 23.1 Å². The van der Waals surface area contributed by atoms with Crippen LogP contribution in [0.4, 0.5) is 0 Å². The molecule has 0 aromatic heterocycles. The van der Waals surface area contributed by atoms with Gasteiger partial charge in [-0.3, -0.25) is 19.2 Å². The molecule has 0 saturated heterocycles. The molecule has 6 aliphatic rings. The van der Waals surface area contributed by atoms with Crippen LogP contribution < -0.4 is 0 Å². The summed E-state index contributed by atoms with van der Waals surface area (Å²) < 4.78 is 11.3. The van der Waals surface area contributed by atoms with Crippen LogP contribution in [-0.4, -0.2) is 37.4 Å². The Morgan fingerprint density at radius 2 is 1.64 bits per heavy atom. The van der Waals surface area contributed by atoms with Crippen molar-refractivity contribution in [2.45, 2.75) is 0 Å².